The maximum absolute atomic E-state index is 12.0. The van der Waals surface area contributed by atoms with Gasteiger partial charge in [0.15, 0.2) is 0 Å². The van der Waals surface area contributed by atoms with E-state index in [1.807, 2.05) is 38.1 Å². The van der Waals surface area contributed by atoms with E-state index in [-0.39, 0.29) is 18.0 Å². The SMILES string of the molecule is Cc1ccc(NC(=O)[C@H](C)NC[C@@H](N)C(C)C)cc1. The summed E-state index contributed by atoms with van der Waals surface area (Å²) in [5, 5.41) is 6.04. The Morgan fingerprint density at radius 1 is 1.21 bits per heavy atom. The lowest BCUT2D eigenvalue weighted by molar-refractivity contribution is -0.117. The summed E-state index contributed by atoms with van der Waals surface area (Å²) in [4.78, 5) is 12.0. The first-order valence-electron chi connectivity index (χ1n) is 6.76. The topological polar surface area (TPSA) is 67.2 Å². The van der Waals surface area contributed by atoms with Crippen molar-refractivity contribution in [2.45, 2.75) is 39.8 Å². The fourth-order valence-electron chi connectivity index (χ4n) is 1.53. The van der Waals surface area contributed by atoms with Crippen molar-refractivity contribution < 1.29 is 4.79 Å². The molecule has 4 heteroatoms. The van der Waals surface area contributed by atoms with Crippen LogP contribution >= 0.6 is 0 Å². The zero-order valence-electron chi connectivity index (χ0n) is 12.2. The van der Waals surface area contributed by atoms with Gasteiger partial charge in [0.1, 0.15) is 0 Å². The van der Waals surface area contributed by atoms with E-state index in [0.29, 0.717) is 12.5 Å². The fourth-order valence-corrected chi connectivity index (χ4v) is 1.53. The second kappa shape index (κ2) is 7.26. The largest absolute Gasteiger partial charge is 0.326 e. The third kappa shape index (κ3) is 5.41. The molecule has 1 rings (SSSR count). The van der Waals surface area contributed by atoms with Crippen LogP contribution < -0.4 is 16.4 Å². The molecule has 1 amide bonds. The zero-order chi connectivity index (χ0) is 14.4. The van der Waals surface area contributed by atoms with Gasteiger partial charge in [-0.3, -0.25) is 4.79 Å². The van der Waals surface area contributed by atoms with Gasteiger partial charge in [-0.15, -0.1) is 0 Å². The minimum absolute atomic E-state index is 0.0418. The molecule has 0 aromatic heterocycles. The molecule has 0 spiro atoms. The zero-order valence-corrected chi connectivity index (χ0v) is 12.2. The van der Waals surface area contributed by atoms with Gasteiger partial charge in [0.2, 0.25) is 5.91 Å². The maximum atomic E-state index is 12.0. The summed E-state index contributed by atoms with van der Waals surface area (Å²) in [6.45, 7) is 8.65. The van der Waals surface area contributed by atoms with Crippen LogP contribution in [0.2, 0.25) is 0 Å². The molecule has 0 bridgehead atoms. The summed E-state index contributed by atoms with van der Waals surface area (Å²) in [6.07, 6.45) is 0. The Hall–Kier alpha value is -1.39. The number of aryl methyl sites for hydroxylation is 1. The first kappa shape index (κ1) is 15.7. The van der Waals surface area contributed by atoms with Gasteiger partial charge in [-0.2, -0.15) is 0 Å². The Bertz CT molecular complexity index is 400. The van der Waals surface area contributed by atoms with Gasteiger partial charge < -0.3 is 16.4 Å². The van der Waals surface area contributed by atoms with E-state index in [1.165, 1.54) is 5.56 Å². The monoisotopic (exact) mass is 263 g/mol. The van der Waals surface area contributed by atoms with Crippen LogP contribution in [0.1, 0.15) is 26.3 Å². The molecule has 19 heavy (non-hydrogen) atoms. The number of carbonyl (C=O) groups is 1. The van der Waals surface area contributed by atoms with Gasteiger partial charge in [-0.05, 0) is 31.9 Å². The van der Waals surface area contributed by atoms with E-state index < -0.39 is 0 Å². The van der Waals surface area contributed by atoms with Crippen LogP contribution in [0.25, 0.3) is 0 Å². The van der Waals surface area contributed by atoms with E-state index in [2.05, 4.69) is 24.5 Å². The Morgan fingerprint density at radius 3 is 2.32 bits per heavy atom. The number of nitrogens with one attached hydrogen (secondary N) is 2. The quantitative estimate of drug-likeness (QED) is 0.734. The number of rotatable bonds is 6. The molecular formula is C15H25N3O. The molecule has 2 atom stereocenters. The average Bonchev–Trinajstić information content (AvgIpc) is 2.37. The highest BCUT2D eigenvalue weighted by atomic mass is 16.2. The number of anilines is 1. The highest BCUT2D eigenvalue weighted by Gasteiger charge is 2.15. The molecule has 0 saturated heterocycles. The summed E-state index contributed by atoms with van der Waals surface area (Å²) in [7, 11) is 0. The number of nitrogens with two attached hydrogens (primary N) is 1. The first-order valence-corrected chi connectivity index (χ1v) is 6.76. The van der Waals surface area contributed by atoms with Crippen LogP contribution in [0.5, 0.6) is 0 Å². The standard InChI is InChI=1S/C15H25N3O/c1-10(2)14(16)9-17-12(4)15(19)18-13-7-5-11(3)6-8-13/h5-8,10,12,14,17H,9,16H2,1-4H3,(H,18,19)/t12-,14+/m0/s1. The molecule has 1 aromatic carbocycles. The lowest BCUT2D eigenvalue weighted by atomic mass is 10.1. The van der Waals surface area contributed by atoms with E-state index in [1.54, 1.807) is 0 Å². The molecule has 0 radical (unpaired) electrons. The van der Waals surface area contributed by atoms with Crippen LogP contribution in [-0.2, 0) is 4.79 Å². The maximum Gasteiger partial charge on any atom is 0.241 e. The Labute approximate surface area is 115 Å². The third-order valence-electron chi connectivity index (χ3n) is 3.23. The highest BCUT2D eigenvalue weighted by Crippen LogP contribution is 2.08. The number of hydrogen-bond donors (Lipinski definition) is 3. The van der Waals surface area contributed by atoms with Crippen LogP contribution in [0.15, 0.2) is 24.3 Å². The van der Waals surface area contributed by atoms with Crippen molar-refractivity contribution in [3.05, 3.63) is 29.8 Å². The summed E-state index contributed by atoms with van der Waals surface area (Å²) in [6, 6.07) is 7.56. The Balaban J connectivity index is 2.42. The third-order valence-corrected chi connectivity index (χ3v) is 3.23. The molecule has 0 aliphatic rings. The van der Waals surface area contributed by atoms with Crippen molar-refractivity contribution >= 4 is 11.6 Å². The molecule has 106 valence electrons. The van der Waals surface area contributed by atoms with E-state index in [4.69, 9.17) is 5.73 Å². The second-order valence-corrected chi connectivity index (χ2v) is 5.39. The van der Waals surface area contributed by atoms with E-state index in [0.717, 1.165) is 5.69 Å². The van der Waals surface area contributed by atoms with Gasteiger partial charge in [-0.25, -0.2) is 0 Å². The van der Waals surface area contributed by atoms with Crippen molar-refractivity contribution in [3.8, 4) is 0 Å². The normalized spacial score (nSPS) is 14.2. The van der Waals surface area contributed by atoms with Crippen LogP contribution in [-0.4, -0.2) is 24.5 Å². The Kier molecular flexibility index (Phi) is 5.99. The van der Waals surface area contributed by atoms with Gasteiger partial charge in [0.25, 0.3) is 0 Å². The molecule has 0 aliphatic heterocycles. The summed E-state index contributed by atoms with van der Waals surface area (Å²) >= 11 is 0. The van der Waals surface area contributed by atoms with Crippen LogP contribution in [0, 0.1) is 12.8 Å². The molecule has 0 fully saturated rings. The van der Waals surface area contributed by atoms with Crippen LogP contribution in [0.4, 0.5) is 5.69 Å². The summed E-state index contributed by atoms with van der Waals surface area (Å²) in [5.74, 6) is 0.361. The van der Waals surface area contributed by atoms with Crippen molar-refractivity contribution in [1.82, 2.24) is 5.32 Å². The molecular weight excluding hydrogens is 238 g/mol. The lowest BCUT2D eigenvalue weighted by Gasteiger charge is -2.19. The molecule has 0 heterocycles. The molecule has 0 unspecified atom stereocenters. The number of carbonyl (C=O) groups excluding carboxylic acids is 1. The highest BCUT2D eigenvalue weighted by molar-refractivity contribution is 5.94. The van der Waals surface area contributed by atoms with Gasteiger partial charge in [-0.1, -0.05) is 31.5 Å². The van der Waals surface area contributed by atoms with Crippen molar-refractivity contribution in [3.63, 3.8) is 0 Å². The summed E-state index contributed by atoms with van der Waals surface area (Å²) < 4.78 is 0. The van der Waals surface area contributed by atoms with Crippen molar-refractivity contribution in [2.75, 3.05) is 11.9 Å². The fraction of sp³-hybridized carbons (Fsp3) is 0.533. The smallest absolute Gasteiger partial charge is 0.241 e. The first-order chi connectivity index (χ1) is 8.90. The van der Waals surface area contributed by atoms with Gasteiger partial charge in [0, 0.05) is 18.3 Å². The van der Waals surface area contributed by atoms with E-state index in [9.17, 15) is 4.79 Å². The average molecular weight is 263 g/mol. The predicted octanol–water partition coefficient (Wildman–Crippen LogP) is 1.89. The van der Waals surface area contributed by atoms with E-state index >= 15 is 0 Å². The predicted molar refractivity (Wildman–Crippen MR) is 80.1 cm³/mol. The number of amides is 1. The van der Waals surface area contributed by atoms with Gasteiger partial charge >= 0.3 is 0 Å². The van der Waals surface area contributed by atoms with Crippen molar-refractivity contribution in [1.29, 1.82) is 0 Å². The molecule has 0 saturated carbocycles. The van der Waals surface area contributed by atoms with Crippen molar-refractivity contribution in [2.24, 2.45) is 11.7 Å². The molecule has 4 nitrogen and oxygen atoms in total. The number of hydrogen-bond acceptors (Lipinski definition) is 3. The molecule has 4 N–H and O–H groups in total. The summed E-state index contributed by atoms with van der Waals surface area (Å²) in [5.41, 5.74) is 7.93. The minimum Gasteiger partial charge on any atom is -0.326 e. The lowest BCUT2D eigenvalue weighted by Crippen LogP contribution is -2.45. The number of benzene rings is 1. The molecule has 0 aliphatic carbocycles. The Morgan fingerprint density at radius 2 is 1.79 bits per heavy atom. The van der Waals surface area contributed by atoms with Gasteiger partial charge in [0.05, 0.1) is 6.04 Å². The molecule has 1 aromatic rings. The second-order valence-electron chi connectivity index (χ2n) is 5.39. The van der Waals surface area contributed by atoms with Crippen LogP contribution in [0.3, 0.4) is 0 Å². The minimum atomic E-state index is -0.258.